The van der Waals surface area contributed by atoms with Gasteiger partial charge in [0.2, 0.25) is 5.91 Å². The van der Waals surface area contributed by atoms with Crippen molar-refractivity contribution in [3.8, 4) is 0 Å². The van der Waals surface area contributed by atoms with Crippen LogP contribution in [0.4, 0.5) is 0 Å². The van der Waals surface area contributed by atoms with E-state index in [1.807, 2.05) is 19.9 Å². The van der Waals surface area contributed by atoms with Crippen LogP contribution in [0.5, 0.6) is 0 Å². The fourth-order valence-corrected chi connectivity index (χ4v) is 3.02. The van der Waals surface area contributed by atoms with Gasteiger partial charge in [-0.15, -0.1) is 11.3 Å². The lowest BCUT2D eigenvalue weighted by atomic mass is 10.0. The molecule has 2 N–H and O–H groups in total. The number of hydrogen-bond donors (Lipinski definition) is 2. The Morgan fingerprint density at radius 3 is 2.52 bits per heavy atom. The van der Waals surface area contributed by atoms with Gasteiger partial charge in [-0.25, -0.2) is 0 Å². The largest absolute Gasteiger partial charge is 0.355 e. The molecular formula is C17H22N2OS. The molecule has 0 saturated heterocycles. The zero-order chi connectivity index (χ0) is 15.2. The molecule has 0 aliphatic rings. The average Bonchev–Trinajstić information content (AvgIpc) is 3.00. The van der Waals surface area contributed by atoms with Crippen molar-refractivity contribution in [3.63, 3.8) is 0 Å². The van der Waals surface area contributed by atoms with Crippen molar-refractivity contribution in [1.29, 1.82) is 0 Å². The van der Waals surface area contributed by atoms with E-state index in [4.69, 9.17) is 0 Å². The van der Waals surface area contributed by atoms with Gasteiger partial charge in [0.05, 0.1) is 12.1 Å². The molecule has 2 aromatic rings. The Bertz CT molecular complexity index is 563. The van der Waals surface area contributed by atoms with E-state index in [1.54, 1.807) is 11.3 Å². The standard InChI is InChI=1S/C17H22N2OS/c1-4-18-17(20)13(3)19-16(15-6-5-11-21-15)14-9-7-12(2)8-10-14/h5-11,13,16,19H,4H2,1-3H3,(H,18,20)/t13-,16-/m0/s1. The van der Waals surface area contributed by atoms with Gasteiger partial charge in [-0.2, -0.15) is 0 Å². The zero-order valence-corrected chi connectivity index (χ0v) is 13.5. The van der Waals surface area contributed by atoms with Crippen molar-refractivity contribution in [2.45, 2.75) is 32.9 Å². The third kappa shape index (κ3) is 4.16. The maximum atomic E-state index is 12.0. The van der Waals surface area contributed by atoms with Gasteiger partial charge in [0.25, 0.3) is 0 Å². The number of carbonyl (C=O) groups excluding carboxylic acids is 1. The van der Waals surface area contributed by atoms with Crippen LogP contribution in [0.1, 0.15) is 35.9 Å². The van der Waals surface area contributed by atoms with Gasteiger partial charge in [0, 0.05) is 11.4 Å². The fourth-order valence-electron chi connectivity index (χ4n) is 2.21. The lowest BCUT2D eigenvalue weighted by Crippen LogP contribution is -2.43. The summed E-state index contributed by atoms with van der Waals surface area (Å²) in [5, 5.41) is 8.36. The lowest BCUT2D eigenvalue weighted by molar-refractivity contribution is -0.122. The molecule has 0 unspecified atom stereocenters. The van der Waals surface area contributed by atoms with Crippen molar-refractivity contribution >= 4 is 17.2 Å². The first-order chi connectivity index (χ1) is 10.1. The number of rotatable bonds is 6. The van der Waals surface area contributed by atoms with E-state index in [0.29, 0.717) is 6.54 Å². The first kappa shape index (κ1) is 15.7. The Labute approximate surface area is 130 Å². The SMILES string of the molecule is CCNC(=O)[C@H](C)N[C@@H](c1ccc(C)cc1)c1cccs1. The van der Waals surface area contributed by atoms with Crippen LogP contribution in [-0.4, -0.2) is 18.5 Å². The molecule has 1 heterocycles. The molecule has 1 aromatic heterocycles. The summed E-state index contributed by atoms with van der Waals surface area (Å²) in [6.45, 7) is 6.56. The Hall–Kier alpha value is -1.65. The molecule has 2 rings (SSSR count). The molecule has 0 bridgehead atoms. The van der Waals surface area contributed by atoms with Crippen molar-refractivity contribution in [1.82, 2.24) is 10.6 Å². The maximum absolute atomic E-state index is 12.0. The van der Waals surface area contributed by atoms with E-state index >= 15 is 0 Å². The first-order valence-electron chi connectivity index (χ1n) is 7.25. The van der Waals surface area contributed by atoms with E-state index in [2.05, 4.69) is 53.3 Å². The summed E-state index contributed by atoms with van der Waals surface area (Å²) in [6.07, 6.45) is 0. The third-order valence-electron chi connectivity index (χ3n) is 3.40. The molecule has 112 valence electrons. The predicted molar refractivity (Wildman–Crippen MR) is 88.6 cm³/mol. The number of benzene rings is 1. The number of amides is 1. The summed E-state index contributed by atoms with van der Waals surface area (Å²) < 4.78 is 0. The Kier molecular flexibility index (Phi) is 5.53. The van der Waals surface area contributed by atoms with E-state index < -0.39 is 0 Å². The predicted octanol–water partition coefficient (Wildman–Crippen LogP) is 3.26. The smallest absolute Gasteiger partial charge is 0.236 e. The van der Waals surface area contributed by atoms with Crippen LogP contribution in [0, 0.1) is 6.92 Å². The van der Waals surface area contributed by atoms with Gasteiger partial charge >= 0.3 is 0 Å². The van der Waals surface area contributed by atoms with Crippen LogP contribution in [0.25, 0.3) is 0 Å². The van der Waals surface area contributed by atoms with Gasteiger partial charge in [0.1, 0.15) is 0 Å². The number of nitrogens with one attached hydrogen (secondary N) is 2. The first-order valence-corrected chi connectivity index (χ1v) is 8.13. The molecule has 1 aromatic carbocycles. The molecule has 0 aliphatic carbocycles. The maximum Gasteiger partial charge on any atom is 0.236 e. The van der Waals surface area contributed by atoms with Crippen LogP contribution in [0.2, 0.25) is 0 Å². The lowest BCUT2D eigenvalue weighted by Gasteiger charge is -2.22. The summed E-state index contributed by atoms with van der Waals surface area (Å²) in [7, 11) is 0. The van der Waals surface area contributed by atoms with E-state index in [9.17, 15) is 4.79 Å². The van der Waals surface area contributed by atoms with Crippen LogP contribution in [0.15, 0.2) is 41.8 Å². The minimum absolute atomic E-state index is 0.0335. The average molecular weight is 302 g/mol. The van der Waals surface area contributed by atoms with Crippen molar-refractivity contribution in [2.75, 3.05) is 6.54 Å². The molecule has 4 heteroatoms. The zero-order valence-electron chi connectivity index (χ0n) is 12.7. The van der Waals surface area contributed by atoms with Gasteiger partial charge in [-0.1, -0.05) is 35.9 Å². The van der Waals surface area contributed by atoms with Crippen LogP contribution < -0.4 is 10.6 Å². The highest BCUT2D eigenvalue weighted by molar-refractivity contribution is 7.10. The van der Waals surface area contributed by atoms with Gasteiger partial charge in [-0.05, 0) is 37.8 Å². The summed E-state index contributed by atoms with van der Waals surface area (Å²) in [5.74, 6) is 0.0335. The normalized spacial score (nSPS) is 13.7. The van der Waals surface area contributed by atoms with E-state index in [0.717, 1.165) is 0 Å². The second-order valence-corrected chi connectivity index (χ2v) is 6.12. The second-order valence-electron chi connectivity index (χ2n) is 5.14. The van der Waals surface area contributed by atoms with Gasteiger partial charge in [-0.3, -0.25) is 10.1 Å². The van der Waals surface area contributed by atoms with Crippen LogP contribution >= 0.6 is 11.3 Å². The number of likely N-dealkylation sites (N-methyl/N-ethyl adjacent to an activating group) is 1. The van der Waals surface area contributed by atoms with E-state index in [1.165, 1.54) is 16.0 Å². The highest BCUT2D eigenvalue weighted by atomic mass is 32.1. The monoisotopic (exact) mass is 302 g/mol. The quantitative estimate of drug-likeness (QED) is 0.860. The molecule has 0 fully saturated rings. The fraction of sp³-hybridized carbons (Fsp3) is 0.353. The Balaban J connectivity index is 2.21. The van der Waals surface area contributed by atoms with Crippen molar-refractivity contribution < 1.29 is 4.79 Å². The van der Waals surface area contributed by atoms with Gasteiger partial charge < -0.3 is 5.32 Å². The van der Waals surface area contributed by atoms with Gasteiger partial charge in [0.15, 0.2) is 0 Å². The van der Waals surface area contributed by atoms with Crippen LogP contribution in [0.3, 0.4) is 0 Å². The topological polar surface area (TPSA) is 41.1 Å². The number of aryl methyl sites for hydroxylation is 1. The molecule has 0 saturated carbocycles. The molecule has 0 aliphatic heterocycles. The number of thiophene rings is 1. The van der Waals surface area contributed by atoms with E-state index in [-0.39, 0.29) is 18.0 Å². The number of carbonyl (C=O) groups is 1. The molecule has 0 spiro atoms. The molecule has 21 heavy (non-hydrogen) atoms. The molecular weight excluding hydrogens is 280 g/mol. The second kappa shape index (κ2) is 7.38. The van der Waals surface area contributed by atoms with Crippen LogP contribution in [-0.2, 0) is 4.79 Å². The molecule has 1 amide bonds. The summed E-state index contributed by atoms with van der Waals surface area (Å²) >= 11 is 1.70. The summed E-state index contributed by atoms with van der Waals surface area (Å²) in [5.41, 5.74) is 2.42. The minimum atomic E-state index is -0.238. The van der Waals surface area contributed by atoms with Crippen molar-refractivity contribution in [2.24, 2.45) is 0 Å². The summed E-state index contributed by atoms with van der Waals surface area (Å²) in [4.78, 5) is 13.2. The van der Waals surface area contributed by atoms with Crippen molar-refractivity contribution in [3.05, 3.63) is 57.8 Å². The number of hydrogen-bond acceptors (Lipinski definition) is 3. The highest BCUT2D eigenvalue weighted by Crippen LogP contribution is 2.26. The molecule has 3 nitrogen and oxygen atoms in total. The molecule has 0 radical (unpaired) electrons. The Morgan fingerprint density at radius 2 is 1.95 bits per heavy atom. The highest BCUT2D eigenvalue weighted by Gasteiger charge is 2.20. The third-order valence-corrected chi connectivity index (χ3v) is 4.34. The summed E-state index contributed by atoms with van der Waals surface area (Å²) in [6, 6.07) is 12.4. The minimum Gasteiger partial charge on any atom is -0.355 e. The molecule has 2 atom stereocenters. The Morgan fingerprint density at radius 1 is 1.24 bits per heavy atom.